The summed E-state index contributed by atoms with van der Waals surface area (Å²) in [4.78, 5) is 13.3. The first-order chi connectivity index (χ1) is 9.24. The van der Waals surface area contributed by atoms with Crippen LogP contribution in [0.3, 0.4) is 0 Å². The third-order valence-corrected chi connectivity index (χ3v) is 2.74. The van der Waals surface area contributed by atoms with E-state index in [2.05, 4.69) is 10.5 Å². The number of hydrazone groups is 1. The Morgan fingerprint density at radius 3 is 2.79 bits per heavy atom. The average molecular weight is 253 g/mol. The van der Waals surface area contributed by atoms with Crippen molar-refractivity contribution in [3.8, 4) is 12.1 Å². The van der Waals surface area contributed by atoms with Crippen molar-refractivity contribution >= 4 is 23.0 Å². The van der Waals surface area contributed by atoms with Crippen LogP contribution in [-0.4, -0.2) is 18.2 Å². The van der Waals surface area contributed by atoms with Gasteiger partial charge in [0, 0.05) is 18.7 Å². The number of nitriles is 2. The molecule has 0 unspecified atom stereocenters. The molecule has 1 aromatic carbocycles. The minimum Gasteiger partial charge on any atom is -0.312 e. The third-order valence-electron chi connectivity index (χ3n) is 2.74. The molecule has 1 aromatic rings. The van der Waals surface area contributed by atoms with Gasteiger partial charge in [-0.05, 0) is 24.6 Å². The summed E-state index contributed by atoms with van der Waals surface area (Å²) in [5, 5.41) is 20.8. The van der Waals surface area contributed by atoms with Crippen LogP contribution in [0.2, 0.25) is 0 Å². The molecule has 1 amide bonds. The van der Waals surface area contributed by atoms with Crippen molar-refractivity contribution in [1.29, 1.82) is 10.5 Å². The molecule has 6 heteroatoms. The minimum atomic E-state index is -0.248. The number of hydrogen-bond acceptors (Lipinski definition) is 5. The van der Waals surface area contributed by atoms with Gasteiger partial charge in [-0.2, -0.15) is 15.6 Å². The fraction of sp³-hybridized carbons (Fsp3) is 0.231. The second-order valence-corrected chi connectivity index (χ2v) is 4.00. The second-order valence-electron chi connectivity index (χ2n) is 4.00. The quantitative estimate of drug-likeness (QED) is 0.654. The predicted molar refractivity (Wildman–Crippen MR) is 70.3 cm³/mol. The second kappa shape index (κ2) is 5.65. The molecule has 1 aliphatic rings. The Morgan fingerprint density at radius 1 is 1.37 bits per heavy atom. The number of carbonyl (C=O) groups excluding carboxylic acids is 1. The van der Waals surface area contributed by atoms with Crippen molar-refractivity contribution in [2.45, 2.75) is 12.8 Å². The first kappa shape index (κ1) is 12.6. The van der Waals surface area contributed by atoms with Crippen molar-refractivity contribution in [3.63, 3.8) is 0 Å². The molecule has 0 atom stereocenters. The number of nitrogens with one attached hydrogen (secondary N) is 1. The van der Waals surface area contributed by atoms with Crippen LogP contribution < -0.4 is 10.3 Å². The normalized spacial score (nSPS) is 13.6. The summed E-state index contributed by atoms with van der Waals surface area (Å²) >= 11 is 0. The number of anilines is 2. The van der Waals surface area contributed by atoms with Crippen LogP contribution in [-0.2, 0) is 4.79 Å². The Morgan fingerprint density at radius 2 is 2.16 bits per heavy atom. The smallest absolute Gasteiger partial charge is 0.237 e. The predicted octanol–water partition coefficient (Wildman–Crippen LogP) is 1.63. The zero-order valence-corrected chi connectivity index (χ0v) is 10.1. The average Bonchev–Trinajstić information content (AvgIpc) is 2.86. The molecule has 1 N–H and O–H groups in total. The largest absolute Gasteiger partial charge is 0.312 e. The highest BCUT2D eigenvalue weighted by atomic mass is 16.2. The Balaban J connectivity index is 2.17. The molecule has 0 spiro atoms. The Labute approximate surface area is 110 Å². The van der Waals surface area contributed by atoms with E-state index in [9.17, 15) is 4.79 Å². The molecule has 1 fully saturated rings. The van der Waals surface area contributed by atoms with Gasteiger partial charge < -0.3 is 4.90 Å². The van der Waals surface area contributed by atoms with Crippen LogP contribution in [0.4, 0.5) is 11.4 Å². The molecule has 1 aliphatic heterocycles. The SMILES string of the molecule is N#CC(C#N)=NNc1cccc(N2CCCC2=O)c1. The van der Waals surface area contributed by atoms with E-state index < -0.39 is 0 Å². The molecule has 0 saturated carbocycles. The number of carbonyl (C=O) groups is 1. The lowest BCUT2D eigenvalue weighted by Crippen LogP contribution is -2.23. The van der Waals surface area contributed by atoms with Crippen molar-refractivity contribution in [1.82, 2.24) is 0 Å². The molecule has 19 heavy (non-hydrogen) atoms. The first-order valence-electron chi connectivity index (χ1n) is 5.79. The maximum Gasteiger partial charge on any atom is 0.237 e. The van der Waals surface area contributed by atoms with Crippen LogP contribution >= 0.6 is 0 Å². The number of hydrogen-bond donors (Lipinski definition) is 1. The van der Waals surface area contributed by atoms with Crippen LogP contribution in [0, 0.1) is 22.7 Å². The van der Waals surface area contributed by atoms with E-state index in [1.807, 2.05) is 6.07 Å². The summed E-state index contributed by atoms with van der Waals surface area (Å²) < 4.78 is 0. The Hall–Kier alpha value is -2.86. The molecule has 0 radical (unpaired) electrons. The monoisotopic (exact) mass is 253 g/mol. The lowest BCUT2D eigenvalue weighted by atomic mass is 10.2. The van der Waals surface area contributed by atoms with E-state index >= 15 is 0 Å². The van der Waals surface area contributed by atoms with Gasteiger partial charge in [0.15, 0.2) is 0 Å². The lowest BCUT2D eigenvalue weighted by molar-refractivity contribution is -0.117. The van der Waals surface area contributed by atoms with Gasteiger partial charge in [0.25, 0.3) is 0 Å². The summed E-state index contributed by atoms with van der Waals surface area (Å²) in [5.41, 5.74) is 3.80. The molecular formula is C13H11N5O. The molecule has 1 heterocycles. The first-order valence-corrected chi connectivity index (χ1v) is 5.79. The van der Waals surface area contributed by atoms with Crippen molar-refractivity contribution < 1.29 is 4.79 Å². The number of amides is 1. The van der Waals surface area contributed by atoms with Crippen molar-refractivity contribution in [2.24, 2.45) is 5.10 Å². The van der Waals surface area contributed by atoms with Gasteiger partial charge in [-0.25, -0.2) is 0 Å². The summed E-state index contributed by atoms with van der Waals surface area (Å²) in [6.07, 6.45) is 1.43. The zero-order valence-electron chi connectivity index (χ0n) is 10.1. The lowest BCUT2D eigenvalue weighted by Gasteiger charge is -2.16. The van der Waals surface area contributed by atoms with Crippen LogP contribution in [0.1, 0.15) is 12.8 Å². The highest BCUT2D eigenvalue weighted by Crippen LogP contribution is 2.24. The topological polar surface area (TPSA) is 92.3 Å². The Bertz CT molecular complexity index is 592. The minimum absolute atomic E-state index is 0.107. The molecule has 94 valence electrons. The summed E-state index contributed by atoms with van der Waals surface area (Å²) in [6, 6.07) is 10.5. The van der Waals surface area contributed by atoms with Crippen LogP contribution in [0.5, 0.6) is 0 Å². The summed E-state index contributed by atoms with van der Waals surface area (Å²) in [5.74, 6) is 0.107. The molecule has 6 nitrogen and oxygen atoms in total. The maximum absolute atomic E-state index is 11.6. The van der Waals surface area contributed by atoms with E-state index in [1.54, 1.807) is 35.2 Å². The summed E-state index contributed by atoms with van der Waals surface area (Å²) in [6.45, 7) is 0.715. The van der Waals surface area contributed by atoms with Gasteiger partial charge in [-0.1, -0.05) is 6.07 Å². The van der Waals surface area contributed by atoms with E-state index in [4.69, 9.17) is 10.5 Å². The van der Waals surface area contributed by atoms with Gasteiger partial charge in [0.2, 0.25) is 11.6 Å². The van der Waals surface area contributed by atoms with E-state index in [0.717, 1.165) is 12.1 Å². The number of rotatable bonds is 3. The van der Waals surface area contributed by atoms with Crippen molar-refractivity contribution in [3.05, 3.63) is 24.3 Å². The molecule has 1 saturated heterocycles. The highest BCUT2D eigenvalue weighted by Gasteiger charge is 2.21. The van der Waals surface area contributed by atoms with Gasteiger partial charge >= 0.3 is 0 Å². The van der Waals surface area contributed by atoms with Crippen LogP contribution in [0.25, 0.3) is 0 Å². The molecule has 0 bridgehead atoms. The van der Waals surface area contributed by atoms with Gasteiger partial charge in [0.05, 0.1) is 5.69 Å². The van der Waals surface area contributed by atoms with Gasteiger partial charge in [-0.15, -0.1) is 0 Å². The molecular weight excluding hydrogens is 242 g/mol. The number of nitrogens with zero attached hydrogens (tertiary/aromatic N) is 4. The Kier molecular flexibility index (Phi) is 3.75. The third kappa shape index (κ3) is 2.88. The van der Waals surface area contributed by atoms with E-state index in [-0.39, 0.29) is 11.6 Å². The highest BCUT2D eigenvalue weighted by molar-refractivity contribution is 6.10. The van der Waals surface area contributed by atoms with Crippen LogP contribution in [0.15, 0.2) is 29.4 Å². The fourth-order valence-corrected chi connectivity index (χ4v) is 1.86. The summed E-state index contributed by atoms with van der Waals surface area (Å²) in [7, 11) is 0. The van der Waals surface area contributed by atoms with Gasteiger partial charge in [0.1, 0.15) is 12.1 Å². The van der Waals surface area contributed by atoms with Crippen molar-refractivity contribution in [2.75, 3.05) is 16.9 Å². The van der Waals surface area contributed by atoms with Gasteiger partial charge in [-0.3, -0.25) is 10.2 Å². The maximum atomic E-state index is 11.6. The molecule has 0 aliphatic carbocycles. The zero-order chi connectivity index (χ0) is 13.7. The number of benzene rings is 1. The van der Waals surface area contributed by atoms with E-state index in [0.29, 0.717) is 18.7 Å². The molecule has 0 aromatic heterocycles. The standard InChI is InChI=1S/C13H11N5O/c14-8-11(9-15)17-16-10-3-1-4-12(7-10)18-6-2-5-13(18)19/h1,3-4,7,16H,2,5-6H2. The van der Waals surface area contributed by atoms with E-state index in [1.165, 1.54) is 0 Å². The fourth-order valence-electron chi connectivity index (χ4n) is 1.86. The molecule has 2 rings (SSSR count).